The van der Waals surface area contributed by atoms with E-state index in [1.54, 1.807) is 17.7 Å². The van der Waals surface area contributed by atoms with Crippen molar-refractivity contribution < 1.29 is 0 Å². The molecule has 0 amide bonds. The van der Waals surface area contributed by atoms with Crippen LogP contribution in [0, 0.1) is 6.92 Å². The van der Waals surface area contributed by atoms with Crippen LogP contribution >= 0.6 is 11.3 Å². The van der Waals surface area contributed by atoms with Crippen LogP contribution in [0.5, 0.6) is 0 Å². The molecule has 0 atom stereocenters. The van der Waals surface area contributed by atoms with E-state index < -0.39 is 0 Å². The van der Waals surface area contributed by atoms with E-state index in [9.17, 15) is 0 Å². The lowest BCUT2D eigenvalue weighted by molar-refractivity contribution is 1.09. The third-order valence-electron chi connectivity index (χ3n) is 2.56. The highest BCUT2D eigenvalue weighted by atomic mass is 32.1. The fourth-order valence-corrected chi connectivity index (χ4v) is 2.35. The Labute approximate surface area is 107 Å². The molecule has 0 saturated heterocycles. The second-order valence-electron chi connectivity index (χ2n) is 3.75. The Morgan fingerprint density at radius 1 is 1.39 bits per heavy atom. The zero-order chi connectivity index (χ0) is 12.5. The maximum absolute atomic E-state index is 5.64. The van der Waals surface area contributed by atoms with Crippen molar-refractivity contribution in [1.29, 1.82) is 0 Å². The number of nitrogen functional groups attached to an aromatic ring is 1. The van der Waals surface area contributed by atoms with Gasteiger partial charge in [0.25, 0.3) is 0 Å². The molecule has 0 fully saturated rings. The third kappa shape index (κ3) is 1.86. The van der Waals surface area contributed by atoms with Crippen LogP contribution in [0.1, 0.15) is 10.6 Å². The normalized spacial score (nSPS) is 10.9. The smallest absolute Gasteiger partial charge is 0.224 e. The molecule has 18 heavy (non-hydrogen) atoms. The maximum atomic E-state index is 5.64. The summed E-state index contributed by atoms with van der Waals surface area (Å²) in [5.41, 5.74) is 9.80. The van der Waals surface area contributed by atoms with Crippen LogP contribution in [0.25, 0.3) is 11.2 Å². The van der Waals surface area contributed by atoms with Gasteiger partial charge in [-0.3, -0.25) is 0 Å². The second-order valence-corrected chi connectivity index (χ2v) is 4.69. The van der Waals surface area contributed by atoms with Crippen molar-refractivity contribution in [2.45, 2.75) is 13.5 Å². The lowest BCUT2D eigenvalue weighted by Gasteiger charge is -2.05. The fraction of sp³-hybridized carbons (Fsp3) is 0.200. The Hall–Kier alpha value is -2.22. The highest BCUT2D eigenvalue weighted by Crippen LogP contribution is 2.19. The molecule has 3 aromatic rings. The average Bonchev–Trinajstić information content (AvgIpc) is 2.94. The highest BCUT2D eigenvalue weighted by molar-refractivity contribution is 7.09. The van der Waals surface area contributed by atoms with Crippen LogP contribution in [0.2, 0.25) is 0 Å². The summed E-state index contributed by atoms with van der Waals surface area (Å²) in [6, 6.07) is 0. The number of hydrogen-bond donors (Lipinski definition) is 3. The molecule has 0 bridgehead atoms. The Balaban J connectivity index is 1.90. The number of aromatic amines is 1. The molecule has 8 heteroatoms. The molecule has 92 valence electrons. The molecule has 3 aromatic heterocycles. The first kappa shape index (κ1) is 10.9. The predicted molar refractivity (Wildman–Crippen MR) is 70.3 cm³/mol. The van der Waals surface area contributed by atoms with Gasteiger partial charge in [0, 0.05) is 4.88 Å². The van der Waals surface area contributed by atoms with E-state index in [2.05, 4.69) is 30.2 Å². The lowest BCUT2D eigenvalue weighted by atomic mass is 10.4. The van der Waals surface area contributed by atoms with E-state index in [1.807, 2.05) is 12.4 Å². The standard InChI is InChI=1S/C10H11N7S/c1-5-6(18-4-15-5)2-12-8-7-9(14-3-13-7)17-10(11)16-8/h3-4H,2H2,1H3,(H4,11,12,13,14,16,17). The van der Waals surface area contributed by atoms with E-state index in [0.29, 0.717) is 18.0 Å². The SMILES string of the molecule is Cc1ncsc1CNc1nc(N)nc2nc[nH]c12. The lowest BCUT2D eigenvalue weighted by Crippen LogP contribution is -2.05. The molecule has 0 aliphatic rings. The van der Waals surface area contributed by atoms with Gasteiger partial charge in [-0.1, -0.05) is 0 Å². The maximum Gasteiger partial charge on any atom is 0.224 e. The second kappa shape index (κ2) is 4.22. The Kier molecular flexibility index (Phi) is 2.56. The number of nitrogens with one attached hydrogen (secondary N) is 2. The first-order valence-electron chi connectivity index (χ1n) is 5.33. The molecule has 0 aliphatic carbocycles. The zero-order valence-corrected chi connectivity index (χ0v) is 10.5. The van der Waals surface area contributed by atoms with Crippen molar-refractivity contribution in [3.8, 4) is 0 Å². The number of nitrogens with zero attached hydrogens (tertiary/aromatic N) is 4. The number of anilines is 2. The van der Waals surface area contributed by atoms with E-state index >= 15 is 0 Å². The summed E-state index contributed by atoms with van der Waals surface area (Å²) >= 11 is 1.61. The summed E-state index contributed by atoms with van der Waals surface area (Å²) in [5, 5.41) is 3.23. The van der Waals surface area contributed by atoms with Gasteiger partial charge in [0.1, 0.15) is 5.52 Å². The Morgan fingerprint density at radius 2 is 2.28 bits per heavy atom. The van der Waals surface area contributed by atoms with Crippen LogP contribution in [0.4, 0.5) is 11.8 Å². The van der Waals surface area contributed by atoms with Gasteiger partial charge in [-0.05, 0) is 6.92 Å². The summed E-state index contributed by atoms with van der Waals surface area (Å²) in [6.45, 7) is 2.63. The summed E-state index contributed by atoms with van der Waals surface area (Å²) in [7, 11) is 0. The molecule has 0 aliphatic heterocycles. The Bertz CT molecular complexity index is 686. The van der Waals surface area contributed by atoms with Gasteiger partial charge in [-0.15, -0.1) is 11.3 Å². The first-order valence-corrected chi connectivity index (χ1v) is 6.21. The van der Waals surface area contributed by atoms with Crippen molar-refractivity contribution in [1.82, 2.24) is 24.9 Å². The summed E-state index contributed by atoms with van der Waals surface area (Å²) < 4.78 is 0. The van der Waals surface area contributed by atoms with Gasteiger partial charge in [0.15, 0.2) is 11.5 Å². The van der Waals surface area contributed by atoms with Crippen molar-refractivity contribution in [2.24, 2.45) is 0 Å². The van der Waals surface area contributed by atoms with Gasteiger partial charge in [-0.2, -0.15) is 9.97 Å². The van der Waals surface area contributed by atoms with E-state index in [4.69, 9.17) is 5.73 Å². The van der Waals surface area contributed by atoms with E-state index in [-0.39, 0.29) is 5.95 Å². The quantitative estimate of drug-likeness (QED) is 0.656. The molecule has 0 spiro atoms. The molecule has 7 nitrogen and oxygen atoms in total. The summed E-state index contributed by atoms with van der Waals surface area (Å²) in [6.07, 6.45) is 1.57. The fourth-order valence-electron chi connectivity index (χ4n) is 1.64. The third-order valence-corrected chi connectivity index (χ3v) is 3.50. The minimum absolute atomic E-state index is 0.207. The molecule has 4 N–H and O–H groups in total. The monoisotopic (exact) mass is 261 g/mol. The molecule has 3 rings (SSSR count). The predicted octanol–water partition coefficient (Wildman–Crippen LogP) is 1.31. The van der Waals surface area contributed by atoms with Gasteiger partial charge < -0.3 is 16.0 Å². The Morgan fingerprint density at radius 3 is 3.06 bits per heavy atom. The van der Waals surface area contributed by atoms with Crippen LogP contribution in [-0.2, 0) is 6.54 Å². The molecular weight excluding hydrogens is 250 g/mol. The number of aryl methyl sites for hydroxylation is 1. The van der Waals surface area contributed by atoms with Crippen LogP contribution in [0.3, 0.4) is 0 Å². The highest BCUT2D eigenvalue weighted by Gasteiger charge is 2.09. The summed E-state index contributed by atoms with van der Waals surface area (Å²) in [4.78, 5) is 20.6. The van der Waals surface area contributed by atoms with Gasteiger partial charge in [-0.25, -0.2) is 9.97 Å². The zero-order valence-electron chi connectivity index (χ0n) is 9.64. The van der Waals surface area contributed by atoms with Gasteiger partial charge in [0.2, 0.25) is 5.95 Å². The van der Waals surface area contributed by atoms with Crippen LogP contribution in [-0.4, -0.2) is 24.9 Å². The number of fused-ring (bicyclic) bond motifs is 1. The van der Waals surface area contributed by atoms with Crippen molar-refractivity contribution >= 4 is 34.3 Å². The number of imidazole rings is 1. The van der Waals surface area contributed by atoms with E-state index in [0.717, 1.165) is 11.2 Å². The number of nitrogens with two attached hydrogens (primary N) is 1. The molecule has 0 saturated carbocycles. The largest absolute Gasteiger partial charge is 0.368 e. The van der Waals surface area contributed by atoms with Crippen molar-refractivity contribution in [2.75, 3.05) is 11.1 Å². The molecule has 0 aromatic carbocycles. The van der Waals surface area contributed by atoms with Gasteiger partial charge in [0.05, 0.1) is 24.1 Å². The topological polar surface area (TPSA) is 105 Å². The molecule has 0 unspecified atom stereocenters. The number of hydrogen-bond acceptors (Lipinski definition) is 7. The minimum Gasteiger partial charge on any atom is -0.368 e. The minimum atomic E-state index is 0.207. The molecular formula is C10H11N7S. The van der Waals surface area contributed by atoms with E-state index in [1.165, 1.54) is 4.88 Å². The van der Waals surface area contributed by atoms with Crippen LogP contribution < -0.4 is 11.1 Å². The van der Waals surface area contributed by atoms with Crippen LogP contribution in [0.15, 0.2) is 11.8 Å². The average molecular weight is 261 g/mol. The number of rotatable bonds is 3. The molecule has 0 radical (unpaired) electrons. The number of H-pyrrole nitrogens is 1. The summed E-state index contributed by atoms with van der Waals surface area (Å²) in [5.74, 6) is 0.862. The number of thiazole rings is 1. The molecule has 3 heterocycles. The van der Waals surface area contributed by atoms with Crippen molar-refractivity contribution in [3.05, 3.63) is 22.4 Å². The van der Waals surface area contributed by atoms with Crippen molar-refractivity contribution in [3.63, 3.8) is 0 Å². The van der Waals surface area contributed by atoms with Gasteiger partial charge >= 0.3 is 0 Å². The number of aromatic nitrogens is 5. The first-order chi connectivity index (χ1) is 8.74.